The number of nitro groups is 1. The fraction of sp³-hybridized carbons (Fsp3) is 0.296. The van der Waals surface area contributed by atoms with Gasteiger partial charge in [0.25, 0.3) is 5.69 Å². The number of benzene rings is 2. The molecule has 0 radical (unpaired) electrons. The van der Waals surface area contributed by atoms with Gasteiger partial charge in [0.2, 0.25) is 5.91 Å². The molecule has 1 saturated heterocycles. The zero-order valence-corrected chi connectivity index (χ0v) is 22.0. The third kappa shape index (κ3) is 5.30. The van der Waals surface area contributed by atoms with Crippen LogP contribution in [0.2, 0.25) is 5.02 Å². The molecule has 12 heteroatoms. The SMILES string of the molecule is CC(C)Oc1cc([N+](=O)[O-])ccc1C1=NC(c2ccc(Cl)cc2)C(c2ccoc2)N1C(=O)N1CCNC(=O)C1. The second kappa shape index (κ2) is 10.8. The fourth-order valence-electron chi connectivity index (χ4n) is 4.75. The van der Waals surface area contributed by atoms with Gasteiger partial charge in [0.15, 0.2) is 0 Å². The summed E-state index contributed by atoms with van der Waals surface area (Å²) in [6.07, 6.45) is 2.76. The Morgan fingerprint density at radius 1 is 1.21 bits per heavy atom. The molecule has 2 aliphatic rings. The van der Waals surface area contributed by atoms with Crippen molar-refractivity contribution in [1.82, 2.24) is 15.1 Å². The van der Waals surface area contributed by atoms with Gasteiger partial charge in [0, 0.05) is 29.7 Å². The highest BCUT2D eigenvalue weighted by atomic mass is 35.5. The Hall–Kier alpha value is -4.38. The van der Waals surface area contributed by atoms with Gasteiger partial charge in [-0.3, -0.25) is 24.8 Å². The molecule has 0 spiro atoms. The van der Waals surface area contributed by atoms with Gasteiger partial charge in [0.1, 0.15) is 24.2 Å². The average molecular weight is 552 g/mol. The molecule has 39 heavy (non-hydrogen) atoms. The van der Waals surface area contributed by atoms with Crippen molar-refractivity contribution < 1.29 is 23.7 Å². The number of non-ortho nitro benzene ring substituents is 1. The lowest BCUT2D eigenvalue weighted by molar-refractivity contribution is -0.384. The van der Waals surface area contributed by atoms with Crippen LogP contribution in [-0.2, 0) is 4.79 Å². The molecule has 11 nitrogen and oxygen atoms in total. The van der Waals surface area contributed by atoms with Gasteiger partial charge in [-0.1, -0.05) is 23.7 Å². The van der Waals surface area contributed by atoms with Crippen LogP contribution in [0.25, 0.3) is 0 Å². The second-order valence-electron chi connectivity index (χ2n) is 9.48. The van der Waals surface area contributed by atoms with Crippen LogP contribution in [0.3, 0.4) is 0 Å². The lowest BCUT2D eigenvalue weighted by Gasteiger charge is -2.35. The average Bonchev–Trinajstić information content (AvgIpc) is 3.56. The van der Waals surface area contributed by atoms with E-state index in [1.165, 1.54) is 34.3 Å². The van der Waals surface area contributed by atoms with Crippen molar-refractivity contribution in [3.63, 3.8) is 0 Å². The summed E-state index contributed by atoms with van der Waals surface area (Å²) in [7, 11) is 0. The second-order valence-corrected chi connectivity index (χ2v) is 9.92. The van der Waals surface area contributed by atoms with E-state index in [1.807, 2.05) is 12.1 Å². The summed E-state index contributed by atoms with van der Waals surface area (Å²) >= 11 is 6.15. The summed E-state index contributed by atoms with van der Waals surface area (Å²) < 4.78 is 11.4. The molecule has 0 saturated carbocycles. The molecule has 2 atom stereocenters. The summed E-state index contributed by atoms with van der Waals surface area (Å²) in [6, 6.07) is 11.5. The Bertz CT molecular complexity index is 1420. The molecule has 3 heterocycles. The number of furan rings is 1. The van der Waals surface area contributed by atoms with Crippen molar-refractivity contribution in [3.05, 3.63) is 92.9 Å². The highest BCUT2D eigenvalue weighted by Gasteiger charge is 2.45. The largest absolute Gasteiger partial charge is 0.490 e. The Kier molecular flexibility index (Phi) is 7.25. The first kappa shape index (κ1) is 26.2. The van der Waals surface area contributed by atoms with E-state index in [0.29, 0.717) is 29.2 Å². The number of carbonyl (C=O) groups is 2. The lowest BCUT2D eigenvalue weighted by atomic mass is 9.95. The highest BCUT2D eigenvalue weighted by molar-refractivity contribution is 6.30. The van der Waals surface area contributed by atoms with E-state index in [4.69, 9.17) is 25.7 Å². The minimum absolute atomic E-state index is 0.109. The minimum Gasteiger partial charge on any atom is -0.490 e. The van der Waals surface area contributed by atoms with Crippen LogP contribution in [-0.4, -0.2) is 58.2 Å². The number of hydrogen-bond acceptors (Lipinski definition) is 7. The quantitative estimate of drug-likeness (QED) is 0.348. The summed E-state index contributed by atoms with van der Waals surface area (Å²) in [5, 5.41) is 14.8. The van der Waals surface area contributed by atoms with Crippen molar-refractivity contribution >= 4 is 35.1 Å². The van der Waals surface area contributed by atoms with Gasteiger partial charge in [-0.25, -0.2) is 4.79 Å². The maximum absolute atomic E-state index is 14.2. The van der Waals surface area contributed by atoms with Crippen LogP contribution >= 0.6 is 11.6 Å². The fourth-order valence-corrected chi connectivity index (χ4v) is 4.88. The number of urea groups is 1. The lowest BCUT2D eigenvalue weighted by Crippen LogP contribution is -2.55. The number of piperazine rings is 1. The van der Waals surface area contributed by atoms with Gasteiger partial charge < -0.3 is 19.4 Å². The van der Waals surface area contributed by atoms with Crippen molar-refractivity contribution in [2.24, 2.45) is 4.99 Å². The zero-order chi connectivity index (χ0) is 27.7. The predicted molar refractivity (Wildman–Crippen MR) is 143 cm³/mol. The number of rotatable bonds is 6. The van der Waals surface area contributed by atoms with E-state index >= 15 is 0 Å². The number of hydrogen-bond donors (Lipinski definition) is 1. The highest BCUT2D eigenvalue weighted by Crippen LogP contribution is 2.45. The molecule has 1 aromatic heterocycles. The van der Waals surface area contributed by atoms with Gasteiger partial charge in [-0.05, 0) is 43.7 Å². The van der Waals surface area contributed by atoms with E-state index in [2.05, 4.69) is 5.32 Å². The number of carbonyl (C=O) groups excluding carboxylic acids is 2. The number of nitrogens with zero attached hydrogens (tertiary/aromatic N) is 4. The Balaban J connectivity index is 1.70. The van der Waals surface area contributed by atoms with Crippen LogP contribution in [0.1, 0.15) is 42.6 Å². The molecule has 0 bridgehead atoms. The van der Waals surface area contributed by atoms with Gasteiger partial charge >= 0.3 is 6.03 Å². The molecule has 3 amide bonds. The van der Waals surface area contributed by atoms with Gasteiger partial charge in [-0.2, -0.15) is 0 Å². The van der Waals surface area contributed by atoms with E-state index in [-0.39, 0.29) is 35.8 Å². The first-order valence-electron chi connectivity index (χ1n) is 12.4. The first-order chi connectivity index (χ1) is 18.7. The summed E-state index contributed by atoms with van der Waals surface area (Å²) in [5.41, 5.74) is 1.74. The van der Waals surface area contributed by atoms with E-state index in [1.54, 1.807) is 38.3 Å². The summed E-state index contributed by atoms with van der Waals surface area (Å²) in [6.45, 7) is 4.13. The monoisotopic (exact) mass is 551 g/mol. The normalized spacial score (nSPS) is 19.2. The van der Waals surface area contributed by atoms with Crippen molar-refractivity contribution in [2.45, 2.75) is 32.0 Å². The molecule has 1 N–H and O–H groups in total. The summed E-state index contributed by atoms with van der Waals surface area (Å²) in [4.78, 5) is 45.4. The number of ether oxygens (including phenoxy) is 1. The first-order valence-corrected chi connectivity index (χ1v) is 12.8. The molecular weight excluding hydrogens is 526 g/mol. The van der Waals surface area contributed by atoms with E-state index in [0.717, 1.165) is 5.56 Å². The molecule has 2 aliphatic heterocycles. The van der Waals surface area contributed by atoms with Crippen LogP contribution in [0, 0.1) is 10.1 Å². The van der Waals surface area contributed by atoms with Gasteiger partial charge in [-0.15, -0.1) is 0 Å². The maximum atomic E-state index is 14.2. The van der Waals surface area contributed by atoms with E-state index in [9.17, 15) is 19.7 Å². The molecule has 0 aliphatic carbocycles. The number of halogens is 1. The molecule has 202 valence electrons. The third-order valence-electron chi connectivity index (χ3n) is 6.46. The predicted octanol–water partition coefficient (Wildman–Crippen LogP) is 4.73. The molecule has 2 aromatic carbocycles. The smallest absolute Gasteiger partial charge is 0.326 e. The van der Waals surface area contributed by atoms with Crippen molar-refractivity contribution in [3.8, 4) is 5.75 Å². The Morgan fingerprint density at radius 3 is 2.62 bits per heavy atom. The molecule has 2 unspecified atom stereocenters. The number of aliphatic imine (C=N–C) groups is 1. The molecular formula is C27H26ClN5O6. The van der Waals surface area contributed by atoms with Crippen molar-refractivity contribution in [1.29, 1.82) is 0 Å². The third-order valence-corrected chi connectivity index (χ3v) is 6.71. The number of amides is 3. The van der Waals surface area contributed by atoms with Crippen molar-refractivity contribution in [2.75, 3.05) is 19.6 Å². The van der Waals surface area contributed by atoms with Gasteiger partial charge in [0.05, 0.1) is 41.2 Å². The number of nitro benzene ring substituents is 1. The van der Waals surface area contributed by atoms with Crippen LogP contribution in [0.15, 0.2) is 70.5 Å². The Morgan fingerprint density at radius 2 is 1.97 bits per heavy atom. The number of amidine groups is 1. The number of nitrogens with one attached hydrogen (secondary N) is 1. The molecule has 1 fully saturated rings. The van der Waals surface area contributed by atoms with Crippen LogP contribution in [0.5, 0.6) is 5.75 Å². The topological polar surface area (TPSA) is 131 Å². The van der Waals surface area contributed by atoms with E-state index < -0.39 is 23.0 Å². The zero-order valence-electron chi connectivity index (χ0n) is 21.2. The minimum atomic E-state index is -0.639. The van der Waals surface area contributed by atoms with Crippen LogP contribution in [0.4, 0.5) is 10.5 Å². The Labute approximate surface area is 229 Å². The standard InChI is InChI=1S/C27H26ClN5O6/c1-16(2)39-22-13-20(33(36)37)7-8-21(22)26-30-24(17-3-5-19(28)6-4-17)25(18-9-12-38-15-18)32(26)27(35)31-11-10-29-23(34)14-31/h3-9,12-13,15-16,24-25H,10-11,14H2,1-2H3,(H,29,34). The summed E-state index contributed by atoms with van der Waals surface area (Å²) in [5.74, 6) is 0.220. The maximum Gasteiger partial charge on any atom is 0.326 e. The molecule has 3 aromatic rings. The van der Waals surface area contributed by atoms with Crippen LogP contribution < -0.4 is 10.1 Å². The molecule has 5 rings (SSSR count).